The largest absolute Gasteiger partial charge is 0.456 e. The highest BCUT2D eigenvalue weighted by Gasteiger charge is 2.48. The van der Waals surface area contributed by atoms with E-state index in [0.717, 1.165) is 89.1 Å². The first-order valence-corrected chi connectivity index (χ1v) is 39.2. The number of hydrogen-bond donors (Lipinski definition) is 0. The Labute approximate surface area is 663 Å². The zero-order valence-electron chi connectivity index (χ0n) is 62.4. The monoisotopic (exact) mass is 1450 g/mol. The summed E-state index contributed by atoms with van der Waals surface area (Å²) in [6.07, 6.45) is 0. The van der Waals surface area contributed by atoms with Gasteiger partial charge in [-0.25, -0.2) is 0 Å². The van der Waals surface area contributed by atoms with Crippen molar-refractivity contribution < 1.29 is 8.83 Å². The number of para-hydroxylation sites is 3. The van der Waals surface area contributed by atoms with Crippen LogP contribution < -0.4 is 9.80 Å². The molecule has 0 radical (unpaired) electrons. The van der Waals surface area contributed by atoms with E-state index in [1.54, 1.807) is 0 Å². The molecule has 20 aromatic rings. The number of rotatable bonds is 14. The fraction of sp³-hybridized carbons (Fsp3) is 0.0182. The van der Waals surface area contributed by atoms with Gasteiger partial charge in [0.25, 0.3) is 0 Å². The van der Waals surface area contributed by atoms with Crippen LogP contribution in [0.3, 0.4) is 0 Å². The Hall–Kier alpha value is -14.8. The number of furan rings is 2. The third-order valence-corrected chi connectivity index (χ3v) is 23.5. The fourth-order valence-electron chi connectivity index (χ4n) is 18.4. The van der Waals surface area contributed by atoms with E-state index in [2.05, 4.69) is 459 Å². The molecule has 0 unspecified atom stereocenters. The standard InChI is InChI=1S/2C55H37NO/c1-4-17-38(18-5-1)39-19-14-20-40(35-39)41-21-15-26-45(36-41)56(44-24-8-3-9-25-44)52-32-16-29-49-48-34-33-43(37-53(48)57-54(49)52)55(42-22-6-2-7-23-42)50-30-12-10-27-46(50)47-28-11-13-31-51(47)55;1-4-16-38(17-5-1)39-18-14-19-40(34-39)41-20-15-25-45(35-41)56(44-23-8-3-9-24-44)46-31-33-53-50(37-46)49-32-30-43(36-54(49)57-53)55(42-21-6-2-7-22-42)51-28-12-10-26-47(51)48-27-11-13-29-52(48)55/h2*1-37H. The summed E-state index contributed by atoms with van der Waals surface area (Å²) in [5.41, 5.74) is 33.4. The van der Waals surface area contributed by atoms with Crippen LogP contribution in [0.15, 0.2) is 458 Å². The molecule has 18 aromatic carbocycles. The van der Waals surface area contributed by atoms with Gasteiger partial charge >= 0.3 is 0 Å². The second-order valence-electron chi connectivity index (χ2n) is 29.7. The normalized spacial score (nSPS) is 12.7. The average molecular weight is 1460 g/mol. The first kappa shape index (κ1) is 67.3. The van der Waals surface area contributed by atoms with Crippen molar-refractivity contribution in [3.8, 4) is 66.8 Å². The molecule has 0 N–H and O–H groups in total. The Morgan fingerprint density at radius 1 is 0.175 bits per heavy atom. The SMILES string of the molecule is c1ccc(-c2cccc(-c3cccc(N(c4ccccc4)c4ccc5oc6cc(C7(c8ccccc8)c8ccccc8-c8ccccc87)ccc6c5c4)c3)c2)cc1.c1ccc(-c2cccc(-c3cccc(N(c4ccccc4)c4cccc5c4oc4cc(C6(c7ccccc7)c7ccccc7-c7ccccc76)ccc45)c3)c2)cc1. The molecule has 0 aliphatic heterocycles. The summed E-state index contributed by atoms with van der Waals surface area (Å²) in [6, 6.07) is 162. The first-order chi connectivity index (χ1) is 56.5. The molecule has 2 aliphatic rings. The van der Waals surface area contributed by atoms with Crippen LogP contribution in [0.4, 0.5) is 34.1 Å². The molecule has 0 amide bonds. The van der Waals surface area contributed by atoms with Crippen LogP contribution in [0.25, 0.3) is 111 Å². The van der Waals surface area contributed by atoms with Crippen LogP contribution in [0.2, 0.25) is 0 Å². The highest BCUT2D eigenvalue weighted by molar-refractivity contribution is 6.11. The topological polar surface area (TPSA) is 32.8 Å². The predicted octanol–water partition coefficient (Wildman–Crippen LogP) is 29.5. The van der Waals surface area contributed by atoms with Gasteiger partial charge in [-0.15, -0.1) is 0 Å². The molecule has 0 saturated heterocycles. The number of fused-ring (bicyclic) bond motifs is 12. The van der Waals surface area contributed by atoms with Gasteiger partial charge in [-0.3, -0.25) is 0 Å². The Bertz CT molecular complexity index is 6890. The van der Waals surface area contributed by atoms with E-state index in [4.69, 9.17) is 8.83 Å². The lowest BCUT2D eigenvalue weighted by Gasteiger charge is -2.33. The van der Waals surface area contributed by atoms with Crippen molar-refractivity contribution >= 4 is 78.0 Å². The van der Waals surface area contributed by atoms with Gasteiger partial charge in [0.15, 0.2) is 5.58 Å². The highest BCUT2D eigenvalue weighted by Crippen LogP contribution is 2.59. The van der Waals surface area contributed by atoms with Crippen molar-refractivity contribution in [1.29, 1.82) is 0 Å². The van der Waals surface area contributed by atoms with E-state index in [0.29, 0.717) is 0 Å². The lowest BCUT2D eigenvalue weighted by atomic mass is 9.67. The van der Waals surface area contributed by atoms with Crippen LogP contribution in [-0.4, -0.2) is 0 Å². The molecule has 2 heterocycles. The zero-order valence-corrected chi connectivity index (χ0v) is 62.4. The van der Waals surface area contributed by atoms with Gasteiger partial charge < -0.3 is 18.6 Å². The summed E-state index contributed by atoms with van der Waals surface area (Å²) in [4.78, 5) is 4.67. The molecular weight excluding hydrogens is 1380 g/mol. The molecule has 2 aliphatic carbocycles. The van der Waals surface area contributed by atoms with Crippen molar-refractivity contribution in [3.63, 3.8) is 0 Å². The van der Waals surface area contributed by atoms with Gasteiger partial charge in [0.05, 0.1) is 16.5 Å². The molecule has 114 heavy (non-hydrogen) atoms. The Morgan fingerprint density at radius 2 is 0.509 bits per heavy atom. The van der Waals surface area contributed by atoms with Crippen LogP contribution in [-0.2, 0) is 10.8 Å². The Morgan fingerprint density at radius 3 is 0.974 bits per heavy atom. The fourth-order valence-corrected chi connectivity index (χ4v) is 18.4. The quantitative estimate of drug-likeness (QED) is 0.109. The number of nitrogens with zero attached hydrogens (tertiary/aromatic N) is 2. The van der Waals surface area contributed by atoms with Gasteiger partial charge in [0.2, 0.25) is 0 Å². The summed E-state index contributed by atoms with van der Waals surface area (Å²) < 4.78 is 13.9. The molecule has 0 atom stereocenters. The minimum Gasteiger partial charge on any atom is -0.456 e. The van der Waals surface area contributed by atoms with Gasteiger partial charge in [0.1, 0.15) is 16.7 Å². The lowest BCUT2D eigenvalue weighted by Crippen LogP contribution is -2.28. The molecule has 22 rings (SSSR count). The summed E-state index contributed by atoms with van der Waals surface area (Å²) in [5, 5.41) is 4.36. The summed E-state index contributed by atoms with van der Waals surface area (Å²) in [5.74, 6) is 0. The second kappa shape index (κ2) is 28.2. The summed E-state index contributed by atoms with van der Waals surface area (Å²) in [6.45, 7) is 0. The van der Waals surface area contributed by atoms with Gasteiger partial charge in [-0.2, -0.15) is 0 Å². The van der Waals surface area contributed by atoms with Crippen molar-refractivity contribution in [1.82, 2.24) is 0 Å². The molecule has 0 saturated carbocycles. The number of anilines is 6. The molecular formula is C110H74N2O2. The third kappa shape index (κ3) is 11.3. The molecule has 0 fully saturated rings. The van der Waals surface area contributed by atoms with Gasteiger partial charge in [-0.1, -0.05) is 352 Å². The maximum atomic E-state index is 7.10. The van der Waals surface area contributed by atoms with Crippen molar-refractivity contribution in [3.05, 3.63) is 493 Å². The Balaban J connectivity index is 0.000000143. The van der Waals surface area contributed by atoms with Gasteiger partial charge in [0, 0.05) is 50.0 Å². The number of hydrogen-bond acceptors (Lipinski definition) is 4. The minimum absolute atomic E-state index is 0.484. The van der Waals surface area contributed by atoms with E-state index in [-0.39, 0.29) is 0 Å². The Kier molecular flexibility index (Phi) is 16.7. The minimum atomic E-state index is -0.501. The van der Waals surface area contributed by atoms with Crippen molar-refractivity contribution in [2.24, 2.45) is 0 Å². The van der Waals surface area contributed by atoms with Crippen LogP contribution in [0.1, 0.15) is 44.5 Å². The van der Waals surface area contributed by atoms with Gasteiger partial charge in [-0.05, 0) is 208 Å². The average Bonchev–Trinajstić information content (AvgIpc) is 1.54. The summed E-state index contributed by atoms with van der Waals surface area (Å²) >= 11 is 0. The smallest absolute Gasteiger partial charge is 0.159 e. The van der Waals surface area contributed by atoms with Crippen molar-refractivity contribution in [2.75, 3.05) is 9.80 Å². The predicted molar refractivity (Wildman–Crippen MR) is 473 cm³/mol. The van der Waals surface area contributed by atoms with E-state index >= 15 is 0 Å². The third-order valence-electron chi connectivity index (χ3n) is 23.5. The number of benzene rings is 18. The zero-order chi connectivity index (χ0) is 75.5. The maximum Gasteiger partial charge on any atom is 0.159 e. The highest BCUT2D eigenvalue weighted by atomic mass is 16.3. The molecule has 4 heteroatoms. The molecule has 536 valence electrons. The van der Waals surface area contributed by atoms with Crippen LogP contribution in [0.5, 0.6) is 0 Å². The van der Waals surface area contributed by atoms with Crippen LogP contribution in [0, 0.1) is 0 Å². The molecule has 4 nitrogen and oxygen atoms in total. The van der Waals surface area contributed by atoms with E-state index in [1.807, 2.05) is 0 Å². The van der Waals surface area contributed by atoms with Crippen molar-refractivity contribution in [2.45, 2.75) is 10.8 Å². The molecule has 0 spiro atoms. The van der Waals surface area contributed by atoms with E-state index in [1.165, 1.54) is 100 Å². The summed E-state index contributed by atoms with van der Waals surface area (Å²) in [7, 11) is 0. The first-order valence-electron chi connectivity index (χ1n) is 39.2. The molecule has 0 bridgehead atoms. The molecule has 2 aromatic heterocycles. The lowest BCUT2D eigenvalue weighted by molar-refractivity contribution is 0.665. The van der Waals surface area contributed by atoms with Crippen LogP contribution >= 0.6 is 0 Å². The second-order valence-corrected chi connectivity index (χ2v) is 29.7. The maximum absolute atomic E-state index is 7.10. The van der Waals surface area contributed by atoms with E-state index in [9.17, 15) is 0 Å². The van der Waals surface area contributed by atoms with E-state index < -0.39 is 10.8 Å².